The lowest BCUT2D eigenvalue weighted by Crippen LogP contribution is -2.13. The van der Waals surface area contributed by atoms with Gasteiger partial charge in [0, 0.05) is 6.04 Å². The molecule has 1 aliphatic rings. The van der Waals surface area contributed by atoms with Crippen LogP contribution in [-0.4, -0.2) is 0 Å². The maximum Gasteiger partial charge on any atom is 0.189 e. The molecule has 0 amide bonds. The second-order valence-electron chi connectivity index (χ2n) is 4.43. The van der Waals surface area contributed by atoms with E-state index in [1.165, 1.54) is 0 Å². The van der Waals surface area contributed by atoms with Crippen molar-refractivity contribution in [1.29, 1.82) is 5.26 Å². The highest BCUT2D eigenvalue weighted by atomic mass is 15.1. The second kappa shape index (κ2) is 4.17. The minimum Gasteiger partial charge on any atom is -0.324 e. The van der Waals surface area contributed by atoms with Crippen LogP contribution in [0, 0.1) is 11.5 Å². The van der Waals surface area contributed by atoms with Gasteiger partial charge in [-0.05, 0) is 29.7 Å². The molecule has 0 fully saturated rings. The molecule has 0 bridgehead atoms. The van der Waals surface area contributed by atoms with Crippen LogP contribution in [0.1, 0.15) is 17.2 Å². The predicted octanol–water partition coefficient (Wildman–Crippen LogP) is 2.86. The molecule has 3 nitrogen and oxygen atoms in total. The van der Waals surface area contributed by atoms with Gasteiger partial charge in [0.15, 0.2) is 6.19 Å². The SMILES string of the molecule is N#CN1c2ccccc2CC(N)c2ccccc21. The standard InChI is InChI=1S/C15H13N3/c16-10-18-14-7-3-1-5-11(14)9-13(17)12-6-2-4-8-15(12)18/h1-8,13H,9,17H2. The van der Waals surface area contributed by atoms with Crippen molar-refractivity contribution >= 4 is 11.4 Å². The molecule has 2 aromatic rings. The number of nitriles is 1. The van der Waals surface area contributed by atoms with Crippen LogP contribution >= 0.6 is 0 Å². The fourth-order valence-corrected chi connectivity index (χ4v) is 2.49. The number of anilines is 2. The van der Waals surface area contributed by atoms with Crippen molar-refractivity contribution in [1.82, 2.24) is 0 Å². The zero-order valence-corrected chi connectivity index (χ0v) is 9.88. The summed E-state index contributed by atoms with van der Waals surface area (Å²) in [5.41, 5.74) is 10.2. The maximum atomic E-state index is 9.43. The number of rotatable bonds is 0. The number of benzene rings is 2. The van der Waals surface area contributed by atoms with Gasteiger partial charge in [-0.15, -0.1) is 0 Å². The van der Waals surface area contributed by atoms with Crippen LogP contribution in [0.2, 0.25) is 0 Å². The first-order valence-electron chi connectivity index (χ1n) is 5.93. The van der Waals surface area contributed by atoms with Crippen molar-refractivity contribution in [3.05, 3.63) is 59.7 Å². The average Bonchev–Trinajstić information content (AvgIpc) is 2.53. The fraction of sp³-hybridized carbons (Fsp3) is 0.133. The molecule has 1 unspecified atom stereocenters. The van der Waals surface area contributed by atoms with E-state index in [0.717, 1.165) is 28.9 Å². The lowest BCUT2D eigenvalue weighted by Gasteiger charge is -2.18. The first-order chi connectivity index (χ1) is 8.81. The molecule has 2 N–H and O–H groups in total. The first kappa shape index (κ1) is 10.8. The Labute approximate surface area is 106 Å². The van der Waals surface area contributed by atoms with E-state index in [0.29, 0.717) is 0 Å². The quantitative estimate of drug-likeness (QED) is 0.714. The smallest absolute Gasteiger partial charge is 0.189 e. The van der Waals surface area contributed by atoms with Gasteiger partial charge in [0.1, 0.15) is 0 Å². The maximum absolute atomic E-state index is 9.43. The molecule has 0 spiro atoms. The molecule has 0 saturated carbocycles. The van der Waals surface area contributed by atoms with Crippen LogP contribution in [-0.2, 0) is 6.42 Å². The number of hydrogen-bond acceptors (Lipinski definition) is 3. The monoisotopic (exact) mass is 235 g/mol. The summed E-state index contributed by atoms with van der Waals surface area (Å²) in [5, 5.41) is 9.43. The highest BCUT2D eigenvalue weighted by molar-refractivity contribution is 5.74. The van der Waals surface area contributed by atoms with Gasteiger partial charge in [0.2, 0.25) is 0 Å². The molecule has 88 valence electrons. The summed E-state index contributed by atoms with van der Waals surface area (Å²) in [6.07, 6.45) is 3.01. The van der Waals surface area contributed by atoms with E-state index >= 15 is 0 Å². The third-order valence-electron chi connectivity index (χ3n) is 3.35. The molecule has 3 rings (SSSR count). The molecule has 0 aromatic heterocycles. The molecule has 0 aliphatic carbocycles. The molecule has 1 aliphatic heterocycles. The number of para-hydroxylation sites is 2. The molecule has 1 atom stereocenters. The average molecular weight is 235 g/mol. The Morgan fingerprint density at radius 2 is 1.72 bits per heavy atom. The second-order valence-corrected chi connectivity index (χ2v) is 4.43. The van der Waals surface area contributed by atoms with Crippen LogP contribution in [0.4, 0.5) is 11.4 Å². The predicted molar refractivity (Wildman–Crippen MR) is 71.3 cm³/mol. The van der Waals surface area contributed by atoms with Gasteiger partial charge in [-0.1, -0.05) is 36.4 Å². The molecular weight excluding hydrogens is 222 g/mol. The Morgan fingerprint density at radius 3 is 2.50 bits per heavy atom. The van der Waals surface area contributed by atoms with Gasteiger partial charge >= 0.3 is 0 Å². The van der Waals surface area contributed by atoms with Crippen molar-refractivity contribution in [2.75, 3.05) is 4.90 Å². The minimum absolute atomic E-state index is 0.0688. The Morgan fingerprint density at radius 1 is 1.06 bits per heavy atom. The molecular formula is C15H13N3. The highest BCUT2D eigenvalue weighted by Gasteiger charge is 2.24. The summed E-state index contributed by atoms with van der Waals surface area (Å²) in [7, 11) is 0. The summed E-state index contributed by atoms with van der Waals surface area (Å²) < 4.78 is 0. The van der Waals surface area contributed by atoms with Crippen LogP contribution < -0.4 is 10.6 Å². The van der Waals surface area contributed by atoms with Crippen LogP contribution in [0.25, 0.3) is 0 Å². The summed E-state index contributed by atoms with van der Waals surface area (Å²) in [6.45, 7) is 0. The van der Waals surface area contributed by atoms with Crippen LogP contribution in [0.3, 0.4) is 0 Å². The highest BCUT2D eigenvalue weighted by Crippen LogP contribution is 2.38. The minimum atomic E-state index is -0.0688. The summed E-state index contributed by atoms with van der Waals surface area (Å²) in [6, 6.07) is 15.7. The van der Waals surface area contributed by atoms with Gasteiger partial charge in [0.05, 0.1) is 11.4 Å². The van der Waals surface area contributed by atoms with Gasteiger partial charge in [-0.3, -0.25) is 0 Å². The van der Waals surface area contributed by atoms with Crippen molar-refractivity contribution in [2.24, 2.45) is 5.73 Å². The van der Waals surface area contributed by atoms with Crippen molar-refractivity contribution in [2.45, 2.75) is 12.5 Å². The molecule has 18 heavy (non-hydrogen) atoms. The summed E-state index contributed by atoms with van der Waals surface area (Å²) >= 11 is 0. The largest absolute Gasteiger partial charge is 0.324 e. The van der Waals surface area contributed by atoms with Gasteiger partial charge in [-0.2, -0.15) is 5.26 Å². The van der Waals surface area contributed by atoms with E-state index in [-0.39, 0.29) is 6.04 Å². The van der Waals surface area contributed by atoms with E-state index < -0.39 is 0 Å². The summed E-state index contributed by atoms with van der Waals surface area (Å²) in [5.74, 6) is 0. The first-order valence-corrected chi connectivity index (χ1v) is 5.93. The van der Waals surface area contributed by atoms with Crippen molar-refractivity contribution in [3.63, 3.8) is 0 Å². The lowest BCUT2D eigenvalue weighted by atomic mass is 10.00. The third-order valence-corrected chi connectivity index (χ3v) is 3.35. The van der Waals surface area contributed by atoms with E-state index in [4.69, 9.17) is 5.73 Å². The zero-order valence-electron chi connectivity index (χ0n) is 9.88. The van der Waals surface area contributed by atoms with Crippen molar-refractivity contribution < 1.29 is 0 Å². The molecule has 0 saturated heterocycles. The van der Waals surface area contributed by atoms with E-state index in [9.17, 15) is 5.26 Å². The Hall–Kier alpha value is -2.31. The van der Waals surface area contributed by atoms with Crippen molar-refractivity contribution in [3.8, 4) is 6.19 Å². The van der Waals surface area contributed by atoms with Gasteiger partial charge in [0.25, 0.3) is 0 Å². The normalized spacial score (nSPS) is 17.3. The number of nitrogens with two attached hydrogens (primary N) is 1. The lowest BCUT2D eigenvalue weighted by molar-refractivity contribution is 0.730. The topological polar surface area (TPSA) is 53.0 Å². The molecule has 1 heterocycles. The number of hydrogen-bond donors (Lipinski definition) is 1. The zero-order chi connectivity index (χ0) is 12.5. The molecule has 2 aromatic carbocycles. The third kappa shape index (κ3) is 1.55. The van der Waals surface area contributed by atoms with Crippen LogP contribution in [0.15, 0.2) is 48.5 Å². The van der Waals surface area contributed by atoms with Gasteiger partial charge in [-0.25, -0.2) is 4.90 Å². The van der Waals surface area contributed by atoms with E-state index in [1.807, 2.05) is 48.5 Å². The Kier molecular flexibility index (Phi) is 2.51. The van der Waals surface area contributed by atoms with Crippen LogP contribution in [0.5, 0.6) is 0 Å². The molecule has 0 radical (unpaired) electrons. The van der Waals surface area contributed by atoms with Gasteiger partial charge < -0.3 is 5.73 Å². The number of fused-ring (bicyclic) bond motifs is 2. The van der Waals surface area contributed by atoms with E-state index in [2.05, 4.69) is 6.19 Å². The Bertz CT molecular complexity index is 628. The molecule has 3 heteroatoms. The number of nitrogens with zero attached hydrogens (tertiary/aromatic N) is 2. The summed E-state index contributed by atoms with van der Waals surface area (Å²) in [4.78, 5) is 1.66. The Balaban J connectivity index is 2.27. The fourth-order valence-electron chi connectivity index (χ4n) is 2.49. The van der Waals surface area contributed by atoms with E-state index in [1.54, 1.807) is 4.90 Å².